The van der Waals surface area contributed by atoms with Gasteiger partial charge in [0.05, 0.1) is 5.56 Å². The Hall–Kier alpha value is -3.66. The van der Waals surface area contributed by atoms with E-state index in [-0.39, 0.29) is 5.69 Å². The number of likely N-dealkylation sites (tertiary alicyclic amines) is 1. The van der Waals surface area contributed by atoms with Crippen molar-refractivity contribution in [1.82, 2.24) is 14.9 Å². The lowest BCUT2D eigenvalue weighted by molar-refractivity contribution is -0.137. The van der Waals surface area contributed by atoms with E-state index in [1.165, 1.54) is 12.1 Å². The van der Waals surface area contributed by atoms with Crippen LogP contribution >= 0.6 is 0 Å². The summed E-state index contributed by atoms with van der Waals surface area (Å²) in [6.45, 7) is 2.09. The molecule has 1 aliphatic rings. The highest BCUT2D eigenvalue weighted by Crippen LogP contribution is 2.35. The second-order valence-corrected chi connectivity index (χ2v) is 7.65. The summed E-state index contributed by atoms with van der Waals surface area (Å²) in [5.74, 6) is 0.882. The van der Waals surface area contributed by atoms with E-state index >= 15 is 0 Å². The van der Waals surface area contributed by atoms with Crippen LogP contribution in [-0.2, 0) is 12.7 Å². The first kappa shape index (κ1) is 22.5. The Labute approximate surface area is 188 Å². The van der Waals surface area contributed by atoms with Crippen LogP contribution in [0.15, 0.2) is 48.5 Å². The first-order valence-electron chi connectivity index (χ1n) is 10.3. The molecule has 10 heteroatoms. The van der Waals surface area contributed by atoms with Crippen molar-refractivity contribution in [3.05, 3.63) is 65.4 Å². The monoisotopic (exact) mass is 457 g/mol. The second-order valence-electron chi connectivity index (χ2n) is 7.65. The molecule has 3 N–H and O–H groups in total. The molecule has 0 radical (unpaired) electrons. The van der Waals surface area contributed by atoms with Gasteiger partial charge >= 0.3 is 6.18 Å². The molecule has 1 fully saturated rings. The van der Waals surface area contributed by atoms with Gasteiger partial charge in [0.25, 0.3) is 5.91 Å². The molecule has 4 rings (SSSR count). The maximum Gasteiger partial charge on any atom is 0.416 e. The fraction of sp³-hybridized carbons (Fsp3) is 0.261. The number of halogens is 3. The number of nitrogens with one attached hydrogen (secondary N) is 1. The first-order chi connectivity index (χ1) is 15.7. The van der Waals surface area contributed by atoms with E-state index in [0.717, 1.165) is 31.6 Å². The summed E-state index contributed by atoms with van der Waals surface area (Å²) in [5, 5.41) is 2.86. The van der Waals surface area contributed by atoms with E-state index in [4.69, 9.17) is 10.5 Å². The SMILES string of the molecule is CNc1cc(C(N)=O)nc(-c2ccc(Oc3ccc(C(F)(F)F)cc3CN3CCC3)cc2)n1. The summed E-state index contributed by atoms with van der Waals surface area (Å²) in [4.78, 5) is 22.1. The maximum absolute atomic E-state index is 13.2. The van der Waals surface area contributed by atoms with Crippen LogP contribution in [0.2, 0.25) is 0 Å². The third-order valence-corrected chi connectivity index (χ3v) is 5.31. The number of anilines is 1. The van der Waals surface area contributed by atoms with Gasteiger partial charge in [-0.3, -0.25) is 9.69 Å². The van der Waals surface area contributed by atoms with Gasteiger partial charge < -0.3 is 15.8 Å². The molecular weight excluding hydrogens is 435 g/mol. The largest absolute Gasteiger partial charge is 0.457 e. The molecule has 2 aromatic carbocycles. The minimum atomic E-state index is -4.42. The van der Waals surface area contributed by atoms with Crippen molar-refractivity contribution in [1.29, 1.82) is 0 Å². The van der Waals surface area contributed by atoms with Crippen LogP contribution in [0.5, 0.6) is 11.5 Å². The number of ether oxygens (including phenoxy) is 1. The third-order valence-electron chi connectivity index (χ3n) is 5.31. The predicted octanol–water partition coefficient (Wildman–Crippen LogP) is 4.30. The Morgan fingerprint density at radius 2 is 1.85 bits per heavy atom. The Morgan fingerprint density at radius 3 is 2.42 bits per heavy atom. The van der Waals surface area contributed by atoms with Crippen molar-refractivity contribution in [2.75, 3.05) is 25.5 Å². The molecule has 0 aliphatic carbocycles. The molecule has 0 saturated carbocycles. The van der Waals surface area contributed by atoms with Crippen LogP contribution in [0.25, 0.3) is 11.4 Å². The highest BCUT2D eigenvalue weighted by Gasteiger charge is 2.31. The van der Waals surface area contributed by atoms with Crippen molar-refractivity contribution < 1.29 is 22.7 Å². The number of nitrogens with zero attached hydrogens (tertiary/aromatic N) is 3. The summed E-state index contributed by atoms with van der Waals surface area (Å²) in [5.41, 5.74) is 5.81. The number of rotatable bonds is 7. The van der Waals surface area contributed by atoms with E-state index in [1.54, 1.807) is 31.3 Å². The van der Waals surface area contributed by atoms with Crippen molar-refractivity contribution in [2.24, 2.45) is 5.73 Å². The quantitative estimate of drug-likeness (QED) is 0.550. The fourth-order valence-corrected chi connectivity index (χ4v) is 3.39. The summed E-state index contributed by atoms with van der Waals surface area (Å²) in [6, 6.07) is 11.7. The third kappa shape index (κ3) is 5.23. The molecular formula is C23H22F3N5O2. The Bertz CT molecular complexity index is 1160. The Kier molecular flexibility index (Phi) is 6.19. The normalized spacial score (nSPS) is 13.9. The number of alkyl halides is 3. The van der Waals surface area contributed by atoms with Crippen molar-refractivity contribution >= 4 is 11.7 Å². The van der Waals surface area contributed by atoms with Crippen LogP contribution in [0, 0.1) is 0 Å². The zero-order valence-corrected chi connectivity index (χ0v) is 17.8. The molecule has 0 bridgehead atoms. The molecule has 172 valence electrons. The Morgan fingerprint density at radius 1 is 1.12 bits per heavy atom. The molecule has 0 spiro atoms. The van der Waals surface area contributed by atoms with Crippen LogP contribution in [0.1, 0.15) is 28.0 Å². The average Bonchev–Trinajstić information content (AvgIpc) is 2.76. The molecule has 7 nitrogen and oxygen atoms in total. The number of carbonyl (C=O) groups is 1. The van der Waals surface area contributed by atoms with Gasteiger partial charge in [-0.1, -0.05) is 0 Å². The van der Waals surface area contributed by atoms with Gasteiger partial charge in [-0.25, -0.2) is 9.97 Å². The number of nitrogens with two attached hydrogens (primary N) is 1. The van der Waals surface area contributed by atoms with Crippen molar-refractivity contribution in [3.8, 4) is 22.9 Å². The molecule has 1 aliphatic heterocycles. The van der Waals surface area contributed by atoms with Gasteiger partial charge in [0.2, 0.25) is 0 Å². The maximum atomic E-state index is 13.2. The number of amides is 1. The van der Waals surface area contributed by atoms with Crippen LogP contribution in [-0.4, -0.2) is 40.9 Å². The fourth-order valence-electron chi connectivity index (χ4n) is 3.39. The highest BCUT2D eigenvalue weighted by molar-refractivity contribution is 5.92. The number of primary amides is 1. The van der Waals surface area contributed by atoms with E-state index in [2.05, 4.69) is 20.2 Å². The summed E-state index contributed by atoms with van der Waals surface area (Å²) in [7, 11) is 1.66. The van der Waals surface area contributed by atoms with E-state index < -0.39 is 17.6 Å². The Balaban J connectivity index is 1.59. The second kappa shape index (κ2) is 9.07. The number of benzene rings is 2. The summed E-state index contributed by atoms with van der Waals surface area (Å²) in [6.07, 6.45) is -3.39. The zero-order chi connectivity index (χ0) is 23.6. The molecule has 0 atom stereocenters. The smallest absolute Gasteiger partial charge is 0.416 e. The van der Waals surface area contributed by atoms with Gasteiger partial charge in [0.15, 0.2) is 5.82 Å². The number of carbonyl (C=O) groups excluding carboxylic acids is 1. The van der Waals surface area contributed by atoms with Gasteiger partial charge in [-0.05, 0) is 62.0 Å². The number of aromatic nitrogens is 2. The van der Waals surface area contributed by atoms with Crippen LogP contribution < -0.4 is 15.8 Å². The predicted molar refractivity (Wildman–Crippen MR) is 117 cm³/mol. The molecule has 1 saturated heterocycles. The summed E-state index contributed by atoms with van der Waals surface area (Å²) >= 11 is 0. The number of hydrogen-bond donors (Lipinski definition) is 2. The molecule has 1 aromatic heterocycles. The topological polar surface area (TPSA) is 93.4 Å². The van der Waals surface area contributed by atoms with Gasteiger partial charge in [-0.2, -0.15) is 13.2 Å². The minimum Gasteiger partial charge on any atom is -0.457 e. The van der Waals surface area contributed by atoms with Gasteiger partial charge in [0, 0.05) is 30.8 Å². The van der Waals surface area contributed by atoms with Crippen molar-refractivity contribution in [2.45, 2.75) is 19.1 Å². The van der Waals surface area contributed by atoms with Crippen LogP contribution in [0.4, 0.5) is 19.0 Å². The molecule has 33 heavy (non-hydrogen) atoms. The summed E-state index contributed by atoms with van der Waals surface area (Å²) < 4.78 is 45.5. The van der Waals surface area contributed by atoms with Gasteiger partial charge in [0.1, 0.15) is 23.0 Å². The average molecular weight is 457 g/mol. The molecule has 0 unspecified atom stereocenters. The van der Waals surface area contributed by atoms with Crippen LogP contribution in [0.3, 0.4) is 0 Å². The minimum absolute atomic E-state index is 0.0741. The van der Waals surface area contributed by atoms with E-state index in [0.29, 0.717) is 40.8 Å². The lowest BCUT2D eigenvalue weighted by Gasteiger charge is -2.31. The van der Waals surface area contributed by atoms with E-state index in [1.807, 2.05) is 0 Å². The van der Waals surface area contributed by atoms with E-state index in [9.17, 15) is 18.0 Å². The highest BCUT2D eigenvalue weighted by atomic mass is 19.4. The lowest BCUT2D eigenvalue weighted by atomic mass is 10.1. The first-order valence-corrected chi connectivity index (χ1v) is 10.3. The molecule has 1 amide bonds. The lowest BCUT2D eigenvalue weighted by Crippen LogP contribution is -2.36. The molecule has 2 heterocycles. The van der Waals surface area contributed by atoms with Crippen molar-refractivity contribution in [3.63, 3.8) is 0 Å². The molecule has 3 aromatic rings. The van der Waals surface area contributed by atoms with Gasteiger partial charge in [-0.15, -0.1) is 0 Å². The standard InChI is InChI=1S/C23H22F3N5O2/c1-28-20-12-18(21(27)32)29-22(30-20)14-3-6-17(7-4-14)33-19-8-5-16(23(24,25)26)11-15(19)13-31-9-2-10-31/h3-8,11-12H,2,9-10,13H2,1H3,(H2,27,32)(H,28,29,30). The number of hydrogen-bond acceptors (Lipinski definition) is 6. The zero-order valence-electron chi connectivity index (χ0n) is 17.8.